The van der Waals surface area contributed by atoms with Gasteiger partial charge in [-0.2, -0.15) is 0 Å². The number of rotatable bonds is 3. The molecule has 0 amide bonds. The van der Waals surface area contributed by atoms with Gasteiger partial charge < -0.3 is 9.30 Å². The number of pyridine rings is 1. The maximum absolute atomic E-state index is 12.4. The Balaban J connectivity index is 1.96. The van der Waals surface area contributed by atoms with Gasteiger partial charge in [-0.1, -0.05) is 0 Å². The molecule has 1 saturated heterocycles. The molecule has 0 N–H and O–H groups in total. The average Bonchev–Trinajstić information content (AvgIpc) is 2.53. The van der Waals surface area contributed by atoms with Crippen molar-refractivity contribution < 1.29 is 4.74 Å². The largest absolute Gasteiger partial charge is 0.379 e. The van der Waals surface area contributed by atoms with Gasteiger partial charge in [0.1, 0.15) is 0 Å². The number of halogens is 1. The molecule has 1 unspecified atom stereocenters. The van der Waals surface area contributed by atoms with Crippen molar-refractivity contribution in [1.29, 1.82) is 0 Å². The molecule has 2 heterocycles. The second-order valence-corrected chi connectivity index (χ2v) is 7.20. The molecule has 5 heteroatoms. The van der Waals surface area contributed by atoms with Gasteiger partial charge in [0.25, 0.3) is 0 Å². The van der Waals surface area contributed by atoms with E-state index in [1.54, 1.807) is 0 Å². The summed E-state index contributed by atoms with van der Waals surface area (Å²) >= 11 is 2.26. The maximum Gasteiger partial charge on any atom is 0.192 e. The number of benzene rings is 1. The fraction of sp³-hybridized carbons (Fsp3) is 0.471. The number of morpholine rings is 1. The van der Waals surface area contributed by atoms with Crippen molar-refractivity contribution >= 4 is 33.5 Å². The van der Waals surface area contributed by atoms with Crippen molar-refractivity contribution in [3.8, 4) is 0 Å². The minimum atomic E-state index is 0.142. The van der Waals surface area contributed by atoms with Gasteiger partial charge in [0, 0.05) is 46.4 Å². The molecular weight excluding hydrogens is 391 g/mol. The number of aryl methyl sites for hydroxylation is 1. The summed E-state index contributed by atoms with van der Waals surface area (Å²) in [4.78, 5) is 14.8. The van der Waals surface area contributed by atoms with Gasteiger partial charge >= 0.3 is 0 Å². The van der Waals surface area contributed by atoms with Crippen LogP contribution >= 0.6 is 22.6 Å². The van der Waals surface area contributed by atoms with Crippen LogP contribution in [0.25, 0.3) is 10.9 Å². The quantitative estimate of drug-likeness (QED) is 0.728. The molecule has 4 nitrogen and oxygen atoms in total. The van der Waals surface area contributed by atoms with Crippen molar-refractivity contribution in [2.24, 2.45) is 0 Å². The molecule has 1 aliphatic rings. The van der Waals surface area contributed by atoms with Crippen molar-refractivity contribution in [1.82, 2.24) is 9.47 Å². The van der Waals surface area contributed by atoms with E-state index < -0.39 is 0 Å². The van der Waals surface area contributed by atoms with E-state index in [1.165, 1.54) is 0 Å². The molecule has 0 aliphatic carbocycles. The van der Waals surface area contributed by atoms with Crippen molar-refractivity contribution in [2.45, 2.75) is 26.4 Å². The molecular formula is C17H21IN2O2. The predicted molar refractivity (Wildman–Crippen MR) is 97.5 cm³/mol. The van der Waals surface area contributed by atoms with E-state index in [0.717, 1.165) is 52.9 Å². The van der Waals surface area contributed by atoms with E-state index >= 15 is 0 Å². The Hall–Kier alpha value is -0.920. The first kappa shape index (κ1) is 16.0. The van der Waals surface area contributed by atoms with Crippen LogP contribution in [0, 0.1) is 10.5 Å². The molecule has 1 aliphatic heterocycles. The summed E-state index contributed by atoms with van der Waals surface area (Å²) in [5, 5.41) is 0.820. The molecule has 1 atom stereocenters. The first-order valence-corrected chi connectivity index (χ1v) is 8.75. The third-order valence-electron chi connectivity index (χ3n) is 4.35. The highest BCUT2D eigenvalue weighted by Gasteiger charge is 2.18. The standard InChI is InChI=1S/C17H21IN2O2/c1-12-10-20(11-13(2)19-5-7-22-8-6-19)16-4-3-14(18)9-15(16)17(12)21/h3-4,9-10,13H,5-8,11H2,1-2H3. The highest BCUT2D eigenvalue weighted by molar-refractivity contribution is 14.1. The number of hydrogen-bond donors (Lipinski definition) is 0. The number of aromatic nitrogens is 1. The molecule has 3 rings (SSSR count). The SMILES string of the molecule is Cc1cn(CC(C)N2CCOCC2)c2ccc(I)cc2c1=O. The summed E-state index contributed by atoms with van der Waals surface area (Å²) in [5.74, 6) is 0. The molecule has 1 aromatic carbocycles. The molecule has 0 spiro atoms. The topological polar surface area (TPSA) is 34.5 Å². The summed E-state index contributed by atoms with van der Waals surface area (Å²) in [7, 11) is 0. The Kier molecular flexibility index (Phi) is 4.84. The molecule has 118 valence electrons. The average molecular weight is 412 g/mol. The lowest BCUT2D eigenvalue weighted by molar-refractivity contribution is 0.0171. The zero-order chi connectivity index (χ0) is 15.7. The lowest BCUT2D eigenvalue weighted by Crippen LogP contribution is -2.44. The van der Waals surface area contributed by atoms with Gasteiger partial charge in [0.05, 0.1) is 18.7 Å². The lowest BCUT2D eigenvalue weighted by atomic mass is 10.1. The van der Waals surface area contributed by atoms with Gasteiger partial charge in [0.15, 0.2) is 5.43 Å². The summed E-state index contributed by atoms with van der Waals surface area (Å²) in [6, 6.07) is 6.53. The second-order valence-electron chi connectivity index (χ2n) is 5.95. The molecule has 2 aromatic rings. The number of nitrogens with zero attached hydrogens (tertiary/aromatic N) is 2. The normalized spacial score (nSPS) is 17.8. The Morgan fingerprint density at radius 1 is 1.32 bits per heavy atom. The van der Waals surface area contributed by atoms with Crippen LogP contribution < -0.4 is 5.43 Å². The van der Waals surface area contributed by atoms with Crippen LogP contribution in [0.2, 0.25) is 0 Å². The first-order chi connectivity index (χ1) is 10.6. The van der Waals surface area contributed by atoms with Crippen LogP contribution in [0.3, 0.4) is 0 Å². The van der Waals surface area contributed by atoms with Crippen LogP contribution in [0.4, 0.5) is 0 Å². The van der Waals surface area contributed by atoms with Crippen LogP contribution in [0.5, 0.6) is 0 Å². The van der Waals surface area contributed by atoms with Crippen LogP contribution in [0.15, 0.2) is 29.2 Å². The van der Waals surface area contributed by atoms with E-state index in [1.807, 2.05) is 19.2 Å². The third kappa shape index (κ3) is 3.21. The third-order valence-corrected chi connectivity index (χ3v) is 5.02. The highest BCUT2D eigenvalue weighted by atomic mass is 127. The summed E-state index contributed by atoms with van der Waals surface area (Å²) in [6.45, 7) is 8.62. The molecule has 0 saturated carbocycles. The molecule has 22 heavy (non-hydrogen) atoms. The minimum Gasteiger partial charge on any atom is -0.379 e. The Bertz CT molecular complexity index is 735. The monoisotopic (exact) mass is 412 g/mol. The van der Waals surface area contributed by atoms with Gasteiger partial charge in [-0.25, -0.2) is 0 Å². The van der Waals surface area contributed by atoms with Crippen LogP contribution in [-0.2, 0) is 11.3 Å². The van der Waals surface area contributed by atoms with Crippen LogP contribution in [-0.4, -0.2) is 41.8 Å². The van der Waals surface area contributed by atoms with Crippen molar-refractivity contribution in [2.75, 3.05) is 26.3 Å². The number of fused-ring (bicyclic) bond motifs is 1. The number of hydrogen-bond acceptors (Lipinski definition) is 3. The lowest BCUT2D eigenvalue weighted by Gasteiger charge is -2.33. The minimum absolute atomic E-state index is 0.142. The Morgan fingerprint density at radius 2 is 2.05 bits per heavy atom. The molecule has 0 radical (unpaired) electrons. The van der Waals surface area contributed by atoms with Crippen molar-refractivity contribution in [3.05, 3.63) is 43.8 Å². The van der Waals surface area contributed by atoms with Gasteiger partial charge in [-0.3, -0.25) is 9.69 Å². The fourth-order valence-corrected chi connectivity index (χ4v) is 3.58. The molecule has 0 bridgehead atoms. The van der Waals surface area contributed by atoms with Gasteiger partial charge in [-0.05, 0) is 54.6 Å². The first-order valence-electron chi connectivity index (χ1n) is 7.67. The van der Waals surface area contributed by atoms with Crippen LogP contribution in [0.1, 0.15) is 12.5 Å². The summed E-state index contributed by atoms with van der Waals surface area (Å²) in [6.07, 6.45) is 1.99. The van der Waals surface area contributed by atoms with E-state index in [-0.39, 0.29) is 5.43 Å². The zero-order valence-electron chi connectivity index (χ0n) is 13.0. The fourth-order valence-electron chi connectivity index (χ4n) is 3.08. The van der Waals surface area contributed by atoms with E-state index in [2.05, 4.69) is 51.1 Å². The Morgan fingerprint density at radius 3 is 2.77 bits per heavy atom. The highest BCUT2D eigenvalue weighted by Crippen LogP contribution is 2.17. The second kappa shape index (κ2) is 6.68. The number of ether oxygens (including phenoxy) is 1. The smallest absolute Gasteiger partial charge is 0.192 e. The van der Waals surface area contributed by atoms with Gasteiger partial charge in [0.2, 0.25) is 0 Å². The zero-order valence-corrected chi connectivity index (χ0v) is 15.2. The van der Waals surface area contributed by atoms with E-state index in [4.69, 9.17) is 4.74 Å². The predicted octanol–water partition coefficient (Wildman–Crippen LogP) is 2.64. The van der Waals surface area contributed by atoms with E-state index in [0.29, 0.717) is 6.04 Å². The van der Waals surface area contributed by atoms with E-state index in [9.17, 15) is 4.79 Å². The van der Waals surface area contributed by atoms with Gasteiger partial charge in [-0.15, -0.1) is 0 Å². The molecule has 1 fully saturated rings. The molecule has 1 aromatic heterocycles. The maximum atomic E-state index is 12.4. The van der Waals surface area contributed by atoms with Crippen molar-refractivity contribution in [3.63, 3.8) is 0 Å². The summed E-state index contributed by atoms with van der Waals surface area (Å²) in [5.41, 5.74) is 1.98. The Labute approximate surface area is 144 Å². The summed E-state index contributed by atoms with van der Waals surface area (Å²) < 4.78 is 8.75.